The van der Waals surface area contributed by atoms with Crippen molar-refractivity contribution >= 4 is 17.7 Å². The van der Waals surface area contributed by atoms with Gasteiger partial charge < -0.3 is 9.88 Å². The Bertz CT molecular complexity index is 855. The molecule has 0 radical (unpaired) electrons. The number of hydrogen-bond acceptors (Lipinski definition) is 3. The van der Waals surface area contributed by atoms with Gasteiger partial charge >= 0.3 is 6.03 Å². The Morgan fingerprint density at radius 3 is 2.46 bits per heavy atom. The summed E-state index contributed by atoms with van der Waals surface area (Å²) in [5.74, 6) is -0.571. The molecule has 0 unspecified atom stereocenters. The maximum Gasteiger partial charge on any atom is 0.325 e. The number of aryl methyl sites for hydroxylation is 1. The highest BCUT2D eigenvalue weighted by atomic mass is 16.2. The van der Waals surface area contributed by atoms with E-state index in [1.54, 1.807) is 0 Å². The lowest BCUT2D eigenvalue weighted by molar-refractivity contribution is -0.127. The predicted octanol–water partition coefficient (Wildman–Crippen LogP) is 2.47. The lowest BCUT2D eigenvalue weighted by atomic mass is 10.1. The summed E-state index contributed by atoms with van der Waals surface area (Å²) in [6.45, 7) is 6.38. The summed E-state index contributed by atoms with van der Waals surface area (Å²) in [5, 5.41) is 2.68. The second-order valence-corrected chi connectivity index (χ2v) is 6.57. The van der Waals surface area contributed by atoms with E-state index < -0.39 is 12.1 Å². The number of hydrogen-bond donors (Lipinski definition) is 1. The number of amides is 3. The van der Waals surface area contributed by atoms with Gasteiger partial charge in [0.05, 0.1) is 6.54 Å². The van der Waals surface area contributed by atoms with Gasteiger partial charge in [0.25, 0.3) is 5.91 Å². The molecule has 1 aromatic carbocycles. The number of carbonyl (C=O) groups excluding carboxylic acids is 3. The molecule has 1 aliphatic rings. The van der Waals surface area contributed by atoms with Crippen LogP contribution in [-0.4, -0.2) is 39.8 Å². The Morgan fingerprint density at radius 1 is 1.15 bits per heavy atom. The number of aromatic nitrogens is 1. The lowest BCUT2D eigenvalue weighted by Gasteiger charge is -2.12. The highest BCUT2D eigenvalue weighted by Crippen LogP contribution is 2.18. The minimum Gasteiger partial charge on any atom is -0.349 e. The fourth-order valence-electron chi connectivity index (χ4n) is 3.51. The van der Waals surface area contributed by atoms with Gasteiger partial charge in [0, 0.05) is 29.9 Å². The quantitative estimate of drug-likeness (QED) is 0.641. The molecule has 26 heavy (non-hydrogen) atoms. The number of urea groups is 1. The van der Waals surface area contributed by atoms with Gasteiger partial charge in [-0.1, -0.05) is 30.3 Å². The van der Waals surface area contributed by atoms with E-state index in [1.165, 1.54) is 0 Å². The number of rotatable bonds is 6. The predicted molar refractivity (Wildman–Crippen MR) is 98.1 cm³/mol. The van der Waals surface area contributed by atoms with Crippen molar-refractivity contribution in [3.8, 4) is 0 Å². The van der Waals surface area contributed by atoms with Crippen LogP contribution in [0.25, 0.3) is 0 Å². The maximum atomic E-state index is 12.7. The second-order valence-electron chi connectivity index (χ2n) is 6.57. The first-order valence-corrected chi connectivity index (χ1v) is 8.78. The summed E-state index contributed by atoms with van der Waals surface area (Å²) in [5.41, 5.74) is 3.39. The van der Waals surface area contributed by atoms with E-state index in [0.29, 0.717) is 12.0 Å². The lowest BCUT2D eigenvalue weighted by Crippen LogP contribution is -2.36. The van der Waals surface area contributed by atoms with Crippen LogP contribution in [0.15, 0.2) is 36.4 Å². The van der Waals surface area contributed by atoms with Crippen LogP contribution < -0.4 is 5.32 Å². The number of Topliss-reactive ketones (excluding diaryl/α,β-unsaturated/α-hetero) is 1. The monoisotopic (exact) mass is 353 g/mol. The van der Waals surface area contributed by atoms with Gasteiger partial charge in [0.15, 0.2) is 5.78 Å². The van der Waals surface area contributed by atoms with Crippen molar-refractivity contribution in [2.75, 3.05) is 6.54 Å². The molecule has 1 saturated heterocycles. The van der Waals surface area contributed by atoms with Crippen molar-refractivity contribution in [1.82, 2.24) is 14.8 Å². The van der Waals surface area contributed by atoms with Crippen molar-refractivity contribution in [1.29, 1.82) is 0 Å². The molecule has 1 atom stereocenters. The largest absolute Gasteiger partial charge is 0.349 e. The van der Waals surface area contributed by atoms with Crippen LogP contribution in [0, 0.1) is 13.8 Å². The fraction of sp³-hybridized carbons (Fsp3) is 0.350. The first-order chi connectivity index (χ1) is 12.4. The molecule has 3 rings (SSSR count). The summed E-state index contributed by atoms with van der Waals surface area (Å²) < 4.78 is 2.04. The molecule has 1 aromatic heterocycles. The van der Waals surface area contributed by atoms with E-state index in [1.807, 2.05) is 61.7 Å². The van der Waals surface area contributed by atoms with Crippen LogP contribution in [0.5, 0.6) is 0 Å². The molecule has 6 heteroatoms. The average Bonchev–Trinajstić information content (AvgIpc) is 3.05. The molecule has 0 spiro atoms. The Labute approximate surface area is 152 Å². The van der Waals surface area contributed by atoms with Gasteiger partial charge in [-0.25, -0.2) is 4.79 Å². The van der Waals surface area contributed by atoms with Crippen molar-refractivity contribution in [3.05, 3.63) is 58.9 Å². The summed E-state index contributed by atoms with van der Waals surface area (Å²) in [6.07, 6.45) is 0.417. The van der Waals surface area contributed by atoms with Gasteiger partial charge in [-0.3, -0.25) is 14.5 Å². The van der Waals surface area contributed by atoms with E-state index in [-0.39, 0.29) is 18.2 Å². The molecule has 1 N–H and O–H groups in total. The summed E-state index contributed by atoms with van der Waals surface area (Å²) >= 11 is 0. The fourth-order valence-corrected chi connectivity index (χ4v) is 3.51. The molecule has 6 nitrogen and oxygen atoms in total. The summed E-state index contributed by atoms with van der Waals surface area (Å²) in [6, 6.07) is 10.2. The smallest absolute Gasteiger partial charge is 0.325 e. The van der Waals surface area contributed by atoms with Crippen LogP contribution >= 0.6 is 0 Å². The SMILES string of the molecule is CCn1c(C)cc(C(=O)CN2C(=O)N[C@H](Cc3ccccc3)C2=O)c1C. The van der Waals surface area contributed by atoms with E-state index in [0.717, 1.165) is 28.4 Å². The zero-order valence-corrected chi connectivity index (χ0v) is 15.3. The Hall–Kier alpha value is -2.89. The average molecular weight is 353 g/mol. The minimum absolute atomic E-state index is 0.221. The third-order valence-electron chi connectivity index (χ3n) is 4.88. The zero-order valence-electron chi connectivity index (χ0n) is 15.3. The Kier molecular flexibility index (Phi) is 4.93. The molecule has 2 heterocycles. The number of nitrogens with zero attached hydrogens (tertiary/aromatic N) is 2. The molecular formula is C20H23N3O3. The molecule has 0 bridgehead atoms. The molecule has 1 aliphatic heterocycles. The molecule has 0 saturated carbocycles. The number of benzene rings is 1. The van der Waals surface area contributed by atoms with Crippen molar-refractivity contribution in [3.63, 3.8) is 0 Å². The van der Waals surface area contributed by atoms with Gasteiger partial charge in [-0.05, 0) is 32.4 Å². The molecule has 0 aliphatic carbocycles. The van der Waals surface area contributed by atoms with Crippen LogP contribution in [0.4, 0.5) is 4.79 Å². The highest BCUT2D eigenvalue weighted by molar-refractivity contribution is 6.09. The number of nitrogens with one attached hydrogen (secondary N) is 1. The molecule has 2 aromatic rings. The molecule has 136 valence electrons. The van der Waals surface area contributed by atoms with Gasteiger partial charge in [-0.15, -0.1) is 0 Å². The van der Waals surface area contributed by atoms with E-state index in [9.17, 15) is 14.4 Å². The second kappa shape index (κ2) is 7.15. The van der Waals surface area contributed by atoms with E-state index in [2.05, 4.69) is 5.32 Å². The number of ketones is 1. The van der Waals surface area contributed by atoms with E-state index in [4.69, 9.17) is 0 Å². The van der Waals surface area contributed by atoms with Gasteiger partial charge in [0.2, 0.25) is 0 Å². The summed E-state index contributed by atoms with van der Waals surface area (Å²) in [7, 11) is 0. The Morgan fingerprint density at radius 2 is 1.85 bits per heavy atom. The van der Waals surface area contributed by atoms with Crippen LogP contribution in [-0.2, 0) is 17.8 Å². The maximum absolute atomic E-state index is 12.7. The normalized spacial score (nSPS) is 16.9. The number of imide groups is 1. The first kappa shape index (κ1) is 17.9. The molecule has 3 amide bonds. The third-order valence-corrected chi connectivity index (χ3v) is 4.88. The topological polar surface area (TPSA) is 71.4 Å². The Balaban J connectivity index is 1.73. The van der Waals surface area contributed by atoms with Crippen LogP contribution in [0.2, 0.25) is 0 Å². The van der Waals surface area contributed by atoms with Gasteiger partial charge in [0.1, 0.15) is 6.04 Å². The minimum atomic E-state index is -0.624. The zero-order chi connectivity index (χ0) is 18.8. The van der Waals surface area contributed by atoms with Crippen molar-refractivity contribution < 1.29 is 14.4 Å². The van der Waals surface area contributed by atoms with Crippen LogP contribution in [0.3, 0.4) is 0 Å². The standard InChI is InChI=1S/C20H23N3O3/c1-4-22-13(2)10-16(14(22)3)18(24)12-23-19(25)17(21-20(23)26)11-15-8-6-5-7-9-15/h5-10,17H,4,11-12H2,1-3H3,(H,21,26)/t17-/m1/s1. The molecular weight excluding hydrogens is 330 g/mol. The third kappa shape index (κ3) is 3.27. The summed E-state index contributed by atoms with van der Waals surface area (Å²) in [4.78, 5) is 38.5. The molecule has 1 fully saturated rings. The van der Waals surface area contributed by atoms with Crippen molar-refractivity contribution in [2.24, 2.45) is 0 Å². The highest BCUT2D eigenvalue weighted by Gasteiger charge is 2.39. The van der Waals surface area contributed by atoms with E-state index >= 15 is 0 Å². The first-order valence-electron chi connectivity index (χ1n) is 8.78. The van der Waals surface area contributed by atoms with Crippen LogP contribution in [0.1, 0.15) is 34.2 Å². The van der Waals surface area contributed by atoms with Crippen molar-refractivity contribution in [2.45, 2.75) is 39.8 Å². The number of carbonyl (C=O) groups is 3. The van der Waals surface area contributed by atoms with Gasteiger partial charge in [-0.2, -0.15) is 0 Å².